The standard InChI is InChI=1S/C24H24F2N4O5/c1-29-19-4-3-15(22(32)28-11-13-5-6-27-20(9-13)35-2)10-16(19)23(33)30(24(29)34)12-14-7-17(25)21(31)18(26)8-14/h5-9,15,31H,3-4,10-12H2,1-2H3,(H,28,32). The number of aromatic nitrogens is 3. The van der Waals surface area contributed by atoms with Crippen LogP contribution in [0.3, 0.4) is 0 Å². The Morgan fingerprint density at radius 3 is 2.63 bits per heavy atom. The van der Waals surface area contributed by atoms with Crippen LogP contribution < -0.4 is 21.3 Å². The zero-order valence-electron chi connectivity index (χ0n) is 19.2. The number of pyridine rings is 1. The van der Waals surface area contributed by atoms with E-state index in [0.29, 0.717) is 30.0 Å². The molecular weight excluding hydrogens is 462 g/mol. The summed E-state index contributed by atoms with van der Waals surface area (Å²) >= 11 is 0. The Hall–Kier alpha value is -4.02. The summed E-state index contributed by atoms with van der Waals surface area (Å²) in [6, 6.07) is 5.20. The molecule has 35 heavy (non-hydrogen) atoms. The van der Waals surface area contributed by atoms with Crippen LogP contribution in [0, 0.1) is 17.6 Å². The third-order valence-electron chi connectivity index (χ3n) is 6.22. The zero-order valence-corrected chi connectivity index (χ0v) is 19.2. The fourth-order valence-electron chi connectivity index (χ4n) is 4.32. The van der Waals surface area contributed by atoms with Crippen molar-refractivity contribution in [2.75, 3.05) is 7.11 Å². The van der Waals surface area contributed by atoms with E-state index < -0.39 is 34.6 Å². The van der Waals surface area contributed by atoms with Gasteiger partial charge in [-0.05, 0) is 48.6 Å². The third-order valence-corrected chi connectivity index (χ3v) is 6.22. The zero-order chi connectivity index (χ0) is 25.3. The topological polar surface area (TPSA) is 115 Å². The average molecular weight is 486 g/mol. The first kappa shape index (κ1) is 24.1. The molecule has 2 N–H and O–H groups in total. The van der Waals surface area contributed by atoms with Crippen molar-refractivity contribution in [3.05, 3.63) is 85.3 Å². The van der Waals surface area contributed by atoms with E-state index in [1.165, 1.54) is 18.7 Å². The van der Waals surface area contributed by atoms with Crippen molar-refractivity contribution in [2.24, 2.45) is 13.0 Å². The molecule has 3 aromatic rings. The molecule has 1 aliphatic rings. The van der Waals surface area contributed by atoms with Gasteiger partial charge in [-0.15, -0.1) is 0 Å². The molecule has 1 aliphatic carbocycles. The number of ether oxygens (including phenoxy) is 1. The van der Waals surface area contributed by atoms with Gasteiger partial charge in [-0.2, -0.15) is 0 Å². The number of carbonyl (C=O) groups excluding carboxylic acids is 1. The molecule has 1 aromatic carbocycles. The Kier molecular flexibility index (Phi) is 6.68. The molecule has 4 rings (SSSR count). The van der Waals surface area contributed by atoms with E-state index in [2.05, 4.69) is 10.3 Å². The van der Waals surface area contributed by atoms with E-state index >= 15 is 0 Å². The first-order chi connectivity index (χ1) is 16.7. The van der Waals surface area contributed by atoms with Crippen LogP contribution in [0.4, 0.5) is 8.78 Å². The van der Waals surface area contributed by atoms with E-state index in [-0.39, 0.29) is 31.0 Å². The molecule has 1 amide bonds. The van der Waals surface area contributed by atoms with E-state index in [4.69, 9.17) is 4.74 Å². The minimum Gasteiger partial charge on any atom is -0.503 e. The fraction of sp³-hybridized carbons (Fsp3) is 0.333. The molecule has 0 saturated heterocycles. The highest BCUT2D eigenvalue weighted by Crippen LogP contribution is 2.24. The molecule has 0 aliphatic heterocycles. The number of halogens is 2. The summed E-state index contributed by atoms with van der Waals surface area (Å²) in [5, 5.41) is 12.2. The second-order valence-electron chi connectivity index (χ2n) is 8.43. The number of nitrogens with zero attached hydrogens (tertiary/aromatic N) is 3. The van der Waals surface area contributed by atoms with Gasteiger partial charge in [0, 0.05) is 43.0 Å². The monoisotopic (exact) mass is 486 g/mol. The fourth-order valence-corrected chi connectivity index (χ4v) is 4.32. The number of rotatable bonds is 6. The molecule has 0 spiro atoms. The molecule has 0 bridgehead atoms. The number of aromatic hydroxyl groups is 1. The quantitative estimate of drug-likeness (QED) is 0.545. The first-order valence-electron chi connectivity index (χ1n) is 10.9. The number of fused-ring (bicyclic) bond motifs is 1. The molecule has 1 atom stereocenters. The van der Waals surface area contributed by atoms with Gasteiger partial charge in [0.1, 0.15) is 0 Å². The van der Waals surface area contributed by atoms with Gasteiger partial charge in [0.25, 0.3) is 5.56 Å². The Morgan fingerprint density at radius 1 is 1.23 bits per heavy atom. The van der Waals surface area contributed by atoms with Gasteiger partial charge in [0.15, 0.2) is 17.4 Å². The molecule has 2 heterocycles. The first-order valence-corrected chi connectivity index (χ1v) is 10.9. The lowest BCUT2D eigenvalue weighted by atomic mass is 9.86. The molecule has 9 nitrogen and oxygen atoms in total. The Balaban J connectivity index is 1.57. The summed E-state index contributed by atoms with van der Waals surface area (Å²) in [7, 11) is 3.02. The predicted molar refractivity (Wildman–Crippen MR) is 121 cm³/mol. The van der Waals surface area contributed by atoms with E-state index in [9.17, 15) is 28.3 Å². The largest absolute Gasteiger partial charge is 0.503 e. The van der Waals surface area contributed by atoms with Crippen LogP contribution in [0.15, 0.2) is 40.1 Å². The highest BCUT2D eigenvalue weighted by molar-refractivity contribution is 5.79. The molecule has 0 fully saturated rings. The molecule has 184 valence electrons. The van der Waals surface area contributed by atoms with E-state index in [1.54, 1.807) is 18.3 Å². The molecule has 0 radical (unpaired) electrons. The lowest BCUT2D eigenvalue weighted by Crippen LogP contribution is -2.46. The Bertz CT molecular complexity index is 1390. The van der Waals surface area contributed by atoms with Crippen molar-refractivity contribution in [1.82, 2.24) is 19.4 Å². The maximum absolute atomic E-state index is 13.8. The van der Waals surface area contributed by atoms with Crippen molar-refractivity contribution in [2.45, 2.75) is 32.4 Å². The molecule has 0 saturated carbocycles. The lowest BCUT2D eigenvalue weighted by Gasteiger charge is -2.26. The van der Waals surface area contributed by atoms with E-state index in [0.717, 1.165) is 22.3 Å². The van der Waals surface area contributed by atoms with Gasteiger partial charge in [-0.25, -0.2) is 18.6 Å². The van der Waals surface area contributed by atoms with Crippen LogP contribution in [-0.2, 0) is 37.8 Å². The number of phenolic OH excluding ortho intramolecular Hbond substituents is 1. The van der Waals surface area contributed by atoms with Crippen molar-refractivity contribution in [1.29, 1.82) is 0 Å². The van der Waals surface area contributed by atoms with Gasteiger partial charge in [-0.3, -0.25) is 14.2 Å². The van der Waals surface area contributed by atoms with E-state index in [1.807, 2.05) is 0 Å². The van der Waals surface area contributed by atoms with Crippen molar-refractivity contribution >= 4 is 5.91 Å². The minimum atomic E-state index is -1.19. The predicted octanol–water partition coefficient (Wildman–Crippen LogP) is 1.40. The number of hydrogen-bond donors (Lipinski definition) is 2. The van der Waals surface area contributed by atoms with Crippen LogP contribution in [0.1, 0.15) is 28.8 Å². The van der Waals surface area contributed by atoms with Gasteiger partial charge >= 0.3 is 5.69 Å². The minimum absolute atomic E-state index is 0.00910. The van der Waals surface area contributed by atoms with Gasteiger partial charge in [0.05, 0.1) is 13.7 Å². The summed E-state index contributed by atoms with van der Waals surface area (Å²) in [5.41, 5.74) is 0.450. The molecular formula is C24H24F2N4O5. The summed E-state index contributed by atoms with van der Waals surface area (Å²) in [5.74, 6) is -3.78. The normalized spacial score (nSPS) is 14.9. The van der Waals surface area contributed by atoms with Crippen molar-refractivity contribution in [3.63, 3.8) is 0 Å². The summed E-state index contributed by atoms with van der Waals surface area (Å²) in [6.45, 7) is -0.121. The SMILES string of the molecule is COc1cc(CNC(=O)C2CCc3c(c(=O)n(Cc4cc(F)c(O)c(F)c4)c(=O)n3C)C2)ccn1. The number of carbonyl (C=O) groups is 1. The smallest absolute Gasteiger partial charge is 0.331 e. The van der Waals surface area contributed by atoms with Gasteiger partial charge in [0.2, 0.25) is 11.8 Å². The number of methoxy groups -OCH3 is 1. The Morgan fingerprint density at radius 2 is 1.94 bits per heavy atom. The number of amides is 1. The van der Waals surface area contributed by atoms with Gasteiger partial charge < -0.3 is 19.7 Å². The number of nitrogens with one attached hydrogen (secondary N) is 1. The molecule has 11 heteroatoms. The highest BCUT2D eigenvalue weighted by atomic mass is 19.1. The number of hydrogen-bond acceptors (Lipinski definition) is 6. The van der Waals surface area contributed by atoms with Crippen LogP contribution in [-0.4, -0.2) is 32.2 Å². The highest BCUT2D eigenvalue weighted by Gasteiger charge is 2.29. The summed E-state index contributed by atoms with van der Waals surface area (Å²) < 4.78 is 34.8. The average Bonchev–Trinajstić information content (AvgIpc) is 2.86. The van der Waals surface area contributed by atoms with Crippen LogP contribution in [0.2, 0.25) is 0 Å². The number of benzene rings is 1. The van der Waals surface area contributed by atoms with Gasteiger partial charge in [-0.1, -0.05) is 0 Å². The van der Waals surface area contributed by atoms with Crippen LogP contribution in [0.25, 0.3) is 0 Å². The third kappa shape index (κ3) is 4.79. The maximum atomic E-state index is 13.8. The van der Waals surface area contributed by atoms with Crippen molar-refractivity contribution < 1.29 is 23.4 Å². The van der Waals surface area contributed by atoms with Crippen LogP contribution >= 0.6 is 0 Å². The second-order valence-corrected chi connectivity index (χ2v) is 8.43. The second kappa shape index (κ2) is 9.69. The summed E-state index contributed by atoms with van der Waals surface area (Å²) in [6.07, 6.45) is 2.53. The van der Waals surface area contributed by atoms with Crippen LogP contribution in [0.5, 0.6) is 11.6 Å². The lowest BCUT2D eigenvalue weighted by molar-refractivity contribution is -0.125. The maximum Gasteiger partial charge on any atom is 0.331 e. The molecule has 2 aromatic heterocycles. The van der Waals surface area contributed by atoms with Crippen molar-refractivity contribution in [3.8, 4) is 11.6 Å². The number of phenols is 1. The summed E-state index contributed by atoms with van der Waals surface area (Å²) in [4.78, 5) is 42.9. The molecule has 1 unspecified atom stereocenters. The Labute approximate surface area is 198 Å².